The molecule has 23 heavy (non-hydrogen) atoms. The van der Waals surface area contributed by atoms with Gasteiger partial charge in [0.2, 0.25) is 5.91 Å². The number of rotatable bonds is 6. The van der Waals surface area contributed by atoms with E-state index in [-0.39, 0.29) is 13.0 Å². The van der Waals surface area contributed by atoms with Crippen LogP contribution in [-0.4, -0.2) is 18.1 Å². The lowest BCUT2D eigenvalue weighted by molar-refractivity contribution is -0.123. The number of benzene rings is 2. The number of nitrogens with one attached hydrogen (secondary N) is 1. The number of carbonyl (C=O) groups is 1. The first-order valence-electron chi connectivity index (χ1n) is 7.01. The highest BCUT2D eigenvalue weighted by molar-refractivity contribution is 5.76. The fourth-order valence-electron chi connectivity index (χ4n) is 2.12. The summed E-state index contributed by atoms with van der Waals surface area (Å²) in [6.45, 7) is 0.100. The summed E-state index contributed by atoms with van der Waals surface area (Å²) >= 11 is 0. The first kappa shape index (κ1) is 16.9. The molecule has 2 aromatic rings. The Morgan fingerprint density at radius 2 is 2.00 bits per heavy atom. The van der Waals surface area contributed by atoms with Gasteiger partial charge in [0.25, 0.3) is 0 Å². The second-order valence-electron chi connectivity index (χ2n) is 5.05. The summed E-state index contributed by atoms with van der Waals surface area (Å²) in [6, 6.07) is 9.56. The van der Waals surface area contributed by atoms with Crippen molar-refractivity contribution < 1.29 is 23.4 Å². The van der Waals surface area contributed by atoms with Crippen LogP contribution in [0.5, 0.6) is 5.75 Å². The molecule has 0 aliphatic heterocycles. The number of aliphatic hydroxyl groups excluding tert-OH is 1. The summed E-state index contributed by atoms with van der Waals surface area (Å²) in [7, 11) is 1.42. The summed E-state index contributed by atoms with van der Waals surface area (Å²) in [5.41, 5.74) is 0.864. The Morgan fingerprint density at radius 3 is 2.70 bits per heavy atom. The molecule has 0 aliphatic carbocycles. The standard InChI is InChI=1S/C17H17F2NO3/c1-23-15-6-11(5-14(19)8-15)10-20-17(22)9-16(21)12-3-2-4-13(18)7-12/h2-8,16,21H,9-10H2,1H3,(H,20,22). The number of hydrogen-bond acceptors (Lipinski definition) is 3. The molecular formula is C17H17F2NO3. The van der Waals surface area contributed by atoms with E-state index in [1.165, 1.54) is 37.4 Å². The van der Waals surface area contributed by atoms with Gasteiger partial charge in [0.1, 0.15) is 17.4 Å². The number of hydrogen-bond donors (Lipinski definition) is 2. The van der Waals surface area contributed by atoms with Crippen LogP contribution >= 0.6 is 0 Å². The molecule has 6 heteroatoms. The lowest BCUT2D eigenvalue weighted by Gasteiger charge is -2.12. The van der Waals surface area contributed by atoms with Crippen LogP contribution in [0.25, 0.3) is 0 Å². The Kier molecular flexibility index (Phi) is 5.65. The largest absolute Gasteiger partial charge is 0.497 e. The highest BCUT2D eigenvalue weighted by Crippen LogP contribution is 2.18. The third-order valence-electron chi connectivity index (χ3n) is 3.27. The van der Waals surface area contributed by atoms with Crippen LogP contribution in [0.1, 0.15) is 23.7 Å². The number of carbonyl (C=O) groups excluding carboxylic acids is 1. The molecule has 0 aliphatic rings. The van der Waals surface area contributed by atoms with Crippen LogP contribution in [0.2, 0.25) is 0 Å². The van der Waals surface area contributed by atoms with Gasteiger partial charge in [0.05, 0.1) is 19.6 Å². The van der Waals surface area contributed by atoms with Gasteiger partial charge in [0, 0.05) is 12.6 Å². The monoisotopic (exact) mass is 321 g/mol. The Morgan fingerprint density at radius 1 is 1.22 bits per heavy atom. The molecule has 2 N–H and O–H groups in total. The molecule has 0 aromatic heterocycles. The third kappa shape index (κ3) is 5.03. The number of amides is 1. The van der Waals surface area contributed by atoms with Gasteiger partial charge in [-0.05, 0) is 35.4 Å². The Bertz CT molecular complexity index is 691. The Balaban J connectivity index is 1.91. The van der Waals surface area contributed by atoms with E-state index in [4.69, 9.17) is 4.74 Å². The van der Waals surface area contributed by atoms with Crippen molar-refractivity contribution in [2.75, 3.05) is 7.11 Å². The molecule has 1 amide bonds. The molecule has 0 radical (unpaired) electrons. The molecule has 0 fully saturated rings. The average molecular weight is 321 g/mol. The van der Waals surface area contributed by atoms with E-state index in [0.717, 1.165) is 0 Å². The average Bonchev–Trinajstić information content (AvgIpc) is 2.52. The van der Waals surface area contributed by atoms with Gasteiger partial charge in [-0.15, -0.1) is 0 Å². The van der Waals surface area contributed by atoms with E-state index in [1.54, 1.807) is 12.1 Å². The lowest BCUT2D eigenvalue weighted by Crippen LogP contribution is -2.24. The topological polar surface area (TPSA) is 58.6 Å². The van der Waals surface area contributed by atoms with Crippen LogP contribution in [0.15, 0.2) is 42.5 Å². The molecule has 1 unspecified atom stereocenters. The minimum atomic E-state index is -1.10. The number of ether oxygens (including phenoxy) is 1. The van der Waals surface area contributed by atoms with E-state index in [1.807, 2.05) is 0 Å². The van der Waals surface area contributed by atoms with E-state index < -0.39 is 23.6 Å². The van der Waals surface area contributed by atoms with Crippen LogP contribution < -0.4 is 10.1 Å². The fourth-order valence-corrected chi connectivity index (χ4v) is 2.12. The van der Waals surface area contributed by atoms with Crippen LogP contribution in [0.3, 0.4) is 0 Å². The van der Waals surface area contributed by atoms with Crippen molar-refractivity contribution in [3.8, 4) is 5.75 Å². The molecule has 2 aromatic carbocycles. The maximum absolute atomic E-state index is 13.3. The van der Waals surface area contributed by atoms with Crippen molar-refractivity contribution >= 4 is 5.91 Å². The number of halogens is 2. The van der Waals surface area contributed by atoms with Crippen molar-refractivity contribution in [3.63, 3.8) is 0 Å². The first-order valence-corrected chi connectivity index (χ1v) is 7.01. The number of aliphatic hydroxyl groups is 1. The first-order chi connectivity index (χ1) is 11.0. The maximum Gasteiger partial charge on any atom is 0.223 e. The van der Waals surface area contributed by atoms with Gasteiger partial charge in [-0.3, -0.25) is 4.79 Å². The van der Waals surface area contributed by atoms with Gasteiger partial charge in [-0.25, -0.2) is 8.78 Å². The zero-order valence-electron chi connectivity index (χ0n) is 12.6. The zero-order valence-corrected chi connectivity index (χ0v) is 12.6. The molecule has 122 valence electrons. The molecule has 4 nitrogen and oxygen atoms in total. The van der Waals surface area contributed by atoms with E-state index >= 15 is 0 Å². The Hall–Kier alpha value is -2.47. The smallest absolute Gasteiger partial charge is 0.223 e. The molecule has 2 rings (SSSR count). The van der Waals surface area contributed by atoms with E-state index in [9.17, 15) is 18.7 Å². The van der Waals surface area contributed by atoms with Crippen molar-refractivity contribution in [1.29, 1.82) is 0 Å². The molecule has 0 heterocycles. The van der Waals surface area contributed by atoms with E-state index in [0.29, 0.717) is 16.9 Å². The summed E-state index contributed by atoms with van der Waals surface area (Å²) < 4.78 is 31.4. The second kappa shape index (κ2) is 7.69. The fraction of sp³-hybridized carbons (Fsp3) is 0.235. The normalized spacial score (nSPS) is 11.8. The van der Waals surface area contributed by atoms with Crippen molar-refractivity contribution in [3.05, 3.63) is 65.2 Å². The van der Waals surface area contributed by atoms with Crippen molar-refractivity contribution in [2.24, 2.45) is 0 Å². The summed E-state index contributed by atoms with van der Waals surface area (Å²) in [6.07, 6.45) is -1.32. The quantitative estimate of drug-likeness (QED) is 0.860. The molecule has 0 saturated carbocycles. The van der Waals surface area contributed by atoms with E-state index in [2.05, 4.69) is 5.32 Å². The SMILES string of the molecule is COc1cc(F)cc(CNC(=O)CC(O)c2cccc(F)c2)c1. The third-order valence-corrected chi connectivity index (χ3v) is 3.27. The molecule has 0 spiro atoms. The van der Waals surface area contributed by atoms with Crippen molar-refractivity contribution in [2.45, 2.75) is 19.1 Å². The molecule has 0 saturated heterocycles. The van der Waals surface area contributed by atoms with Gasteiger partial charge in [0.15, 0.2) is 0 Å². The molecule has 0 bridgehead atoms. The summed E-state index contributed by atoms with van der Waals surface area (Å²) in [4.78, 5) is 11.8. The van der Waals surface area contributed by atoms with Crippen LogP contribution in [0, 0.1) is 11.6 Å². The van der Waals surface area contributed by atoms with Crippen LogP contribution in [-0.2, 0) is 11.3 Å². The Labute approximate surface area is 132 Å². The predicted molar refractivity (Wildman–Crippen MR) is 80.8 cm³/mol. The minimum Gasteiger partial charge on any atom is -0.497 e. The van der Waals surface area contributed by atoms with Gasteiger partial charge in [-0.1, -0.05) is 12.1 Å². The zero-order chi connectivity index (χ0) is 16.8. The van der Waals surface area contributed by atoms with Gasteiger partial charge < -0.3 is 15.2 Å². The highest BCUT2D eigenvalue weighted by Gasteiger charge is 2.13. The van der Waals surface area contributed by atoms with Gasteiger partial charge in [-0.2, -0.15) is 0 Å². The summed E-state index contributed by atoms with van der Waals surface area (Å²) in [5.74, 6) is -1.01. The van der Waals surface area contributed by atoms with Crippen LogP contribution in [0.4, 0.5) is 8.78 Å². The summed E-state index contributed by atoms with van der Waals surface area (Å²) in [5, 5.41) is 12.5. The number of methoxy groups -OCH3 is 1. The highest BCUT2D eigenvalue weighted by atomic mass is 19.1. The maximum atomic E-state index is 13.3. The molecular weight excluding hydrogens is 304 g/mol. The lowest BCUT2D eigenvalue weighted by atomic mass is 10.1. The second-order valence-corrected chi connectivity index (χ2v) is 5.05. The predicted octanol–water partition coefficient (Wildman–Crippen LogP) is 2.71. The minimum absolute atomic E-state index is 0.100. The van der Waals surface area contributed by atoms with Crippen molar-refractivity contribution in [1.82, 2.24) is 5.32 Å². The van der Waals surface area contributed by atoms with Gasteiger partial charge >= 0.3 is 0 Å². The molecule has 1 atom stereocenters.